The molecule has 0 amide bonds. The summed E-state index contributed by atoms with van der Waals surface area (Å²) in [5.74, 6) is 7.16. The molecular weight excluding hydrogens is 775 g/mol. The number of phenols is 2. The average molecular weight is 833 g/mol. The maximum atomic E-state index is 13.9. The molecule has 322 valence electrons. The molecule has 0 saturated heterocycles. The highest BCUT2D eigenvalue weighted by molar-refractivity contribution is 6.06. The second kappa shape index (κ2) is 21.2. The lowest BCUT2D eigenvalue weighted by Crippen LogP contribution is -2.35. The van der Waals surface area contributed by atoms with Crippen molar-refractivity contribution in [3.63, 3.8) is 0 Å². The molecule has 0 aromatic heterocycles. The third-order valence-corrected chi connectivity index (χ3v) is 12.3. The van der Waals surface area contributed by atoms with E-state index < -0.39 is 5.92 Å². The summed E-state index contributed by atoms with van der Waals surface area (Å²) in [5, 5.41) is 48.6. The quantitative estimate of drug-likeness (QED) is 0.0387. The number of phenolic OH excluding ortho intramolecular Hbond substituents is 2. The van der Waals surface area contributed by atoms with Crippen LogP contribution < -0.4 is 20.9 Å². The standard InChI is InChI=1S/C53H59N3O6/c1-35(14-18-38-9-5-6-10-39(38)24-28-57)8-3-2-4-12-42(58)19-15-36-17-21-50(60)52(31-36)62-29-25-37-16-20-49(59)47(30-37)46-34-51(61)43-23-27-55-48(43)13-7-11-40-33-45-41(32-44(40)46)22-26-56-53(45)54/h4-6,9-10,12,16-17,20-21,23,27,30-33,35,46,53,56-57,59-61H,2-3,8,13-15,18-19,22,24-26,28-29,34,54H2,1H3/p-1/b12-4+,51-43?/t35-,46-,53+/m1/s1. The molecule has 0 saturated carbocycles. The zero-order chi connectivity index (χ0) is 43.4. The number of nitrogens with two attached hydrogens (primary N) is 1. The van der Waals surface area contributed by atoms with Crippen LogP contribution in [0.25, 0.3) is 0 Å². The molecular formula is C53H58N3O6-. The Balaban J connectivity index is 0.942. The third kappa shape index (κ3) is 11.3. The normalized spacial score (nSPS) is 17.4. The number of carbonyl (C=O) groups is 1. The number of aliphatic imine (C=N–C) groups is 1. The summed E-state index contributed by atoms with van der Waals surface area (Å²) in [7, 11) is 0. The first-order valence-corrected chi connectivity index (χ1v) is 22.1. The highest BCUT2D eigenvalue weighted by Crippen LogP contribution is 2.40. The molecule has 62 heavy (non-hydrogen) atoms. The van der Waals surface area contributed by atoms with Gasteiger partial charge in [0, 0.05) is 49.2 Å². The number of aromatic hydroxyl groups is 2. The first-order valence-electron chi connectivity index (χ1n) is 22.1. The summed E-state index contributed by atoms with van der Waals surface area (Å²) < 4.78 is 6.10. The van der Waals surface area contributed by atoms with Crippen molar-refractivity contribution >= 4 is 11.5 Å². The molecule has 7 rings (SSSR count). The van der Waals surface area contributed by atoms with Gasteiger partial charge >= 0.3 is 0 Å². The number of ketones is 1. The Morgan fingerprint density at radius 2 is 1.76 bits per heavy atom. The molecule has 3 aliphatic rings. The summed E-state index contributed by atoms with van der Waals surface area (Å²) in [4.78, 5) is 17.2. The van der Waals surface area contributed by atoms with E-state index in [1.165, 1.54) is 11.1 Å². The summed E-state index contributed by atoms with van der Waals surface area (Å²) in [6, 6.07) is 23.2. The summed E-state index contributed by atoms with van der Waals surface area (Å²) in [6.07, 6.45) is 15.2. The van der Waals surface area contributed by atoms with Crippen molar-refractivity contribution in [2.75, 3.05) is 19.8 Å². The number of nitrogens with one attached hydrogen (secondary N) is 1. The number of rotatable bonds is 18. The van der Waals surface area contributed by atoms with Crippen LogP contribution in [0, 0.1) is 17.8 Å². The minimum Gasteiger partial charge on any atom is -0.875 e. The first kappa shape index (κ1) is 44.1. The number of allylic oxidation sites excluding steroid dienone is 5. The smallest absolute Gasteiger partial charge is 0.161 e. The van der Waals surface area contributed by atoms with Crippen LogP contribution in [0.3, 0.4) is 0 Å². The second-order valence-electron chi connectivity index (χ2n) is 16.8. The fourth-order valence-electron chi connectivity index (χ4n) is 8.73. The van der Waals surface area contributed by atoms with Gasteiger partial charge in [0.2, 0.25) is 0 Å². The predicted octanol–water partition coefficient (Wildman–Crippen LogP) is 7.71. The maximum Gasteiger partial charge on any atom is 0.161 e. The Hall–Kier alpha value is -5.92. The van der Waals surface area contributed by atoms with Gasteiger partial charge in [0.1, 0.15) is 5.75 Å². The van der Waals surface area contributed by atoms with Crippen LogP contribution in [0.2, 0.25) is 0 Å². The van der Waals surface area contributed by atoms with E-state index in [0.29, 0.717) is 60.6 Å². The topological polar surface area (TPSA) is 160 Å². The number of fused-ring (bicyclic) bond motifs is 3. The minimum absolute atomic E-state index is 0.0207. The molecule has 3 atom stereocenters. The van der Waals surface area contributed by atoms with Crippen LogP contribution >= 0.6 is 0 Å². The largest absolute Gasteiger partial charge is 0.875 e. The summed E-state index contributed by atoms with van der Waals surface area (Å²) in [5.41, 5.74) is 16.4. The molecule has 9 heteroatoms. The molecule has 4 aromatic carbocycles. The van der Waals surface area contributed by atoms with Crippen molar-refractivity contribution in [3.8, 4) is 29.1 Å². The summed E-state index contributed by atoms with van der Waals surface area (Å²) >= 11 is 0. The Morgan fingerprint density at radius 1 is 0.968 bits per heavy atom. The zero-order valence-corrected chi connectivity index (χ0v) is 35.7. The number of carbonyl (C=O) groups excluding carboxylic acids is 1. The van der Waals surface area contributed by atoms with Crippen LogP contribution in [0.1, 0.15) is 114 Å². The maximum absolute atomic E-state index is 13.9. The van der Waals surface area contributed by atoms with Crippen LogP contribution in [0.5, 0.6) is 17.2 Å². The molecule has 9 nitrogen and oxygen atoms in total. The van der Waals surface area contributed by atoms with E-state index >= 15 is 0 Å². The Bertz CT molecular complexity index is 2440. The van der Waals surface area contributed by atoms with Crippen LogP contribution in [0.15, 0.2) is 114 Å². The van der Waals surface area contributed by atoms with Crippen molar-refractivity contribution in [3.05, 3.63) is 159 Å². The van der Waals surface area contributed by atoms with Gasteiger partial charge in [0.15, 0.2) is 17.3 Å². The summed E-state index contributed by atoms with van der Waals surface area (Å²) in [6.45, 7) is 3.44. The third-order valence-electron chi connectivity index (χ3n) is 12.3. The van der Waals surface area contributed by atoms with Crippen molar-refractivity contribution in [1.82, 2.24) is 5.32 Å². The number of unbranched alkanes of at least 4 members (excludes halogenated alkanes) is 1. The van der Waals surface area contributed by atoms with Crippen LogP contribution in [-0.2, 0) is 36.9 Å². The van der Waals surface area contributed by atoms with Crippen LogP contribution in [0.4, 0.5) is 0 Å². The van der Waals surface area contributed by atoms with E-state index in [0.717, 1.165) is 78.5 Å². The van der Waals surface area contributed by atoms with Gasteiger partial charge in [0.25, 0.3) is 0 Å². The van der Waals surface area contributed by atoms with Crippen molar-refractivity contribution in [1.29, 1.82) is 0 Å². The van der Waals surface area contributed by atoms with E-state index in [-0.39, 0.29) is 48.8 Å². The Labute approximate surface area is 365 Å². The van der Waals surface area contributed by atoms with E-state index in [1.807, 2.05) is 36.4 Å². The van der Waals surface area contributed by atoms with Gasteiger partial charge < -0.3 is 30.9 Å². The van der Waals surface area contributed by atoms with Gasteiger partial charge in [-0.2, -0.15) is 0 Å². The van der Waals surface area contributed by atoms with Gasteiger partial charge in [0.05, 0.1) is 24.9 Å². The molecule has 2 heterocycles. The molecule has 0 bridgehead atoms. The monoisotopic (exact) mass is 832 g/mol. The first-order chi connectivity index (χ1) is 30.2. The lowest BCUT2D eigenvalue weighted by Gasteiger charge is -2.30. The molecule has 6 N–H and O–H groups in total. The predicted molar refractivity (Wildman–Crippen MR) is 243 cm³/mol. The zero-order valence-electron chi connectivity index (χ0n) is 35.7. The number of hydrogen-bond donors (Lipinski definition) is 5. The molecule has 0 radical (unpaired) electrons. The lowest BCUT2D eigenvalue weighted by atomic mass is 9.80. The number of aryl methyl sites for hydroxylation is 2. The second-order valence-corrected chi connectivity index (χ2v) is 16.8. The molecule has 4 aromatic rings. The average Bonchev–Trinajstić information content (AvgIpc) is 3.75. The van der Waals surface area contributed by atoms with Gasteiger partial charge in [-0.15, -0.1) is 5.76 Å². The van der Waals surface area contributed by atoms with Crippen LogP contribution in [-0.4, -0.2) is 46.6 Å². The Kier molecular flexibility index (Phi) is 15.1. The fraction of sp³-hybridized carbons (Fsp3) is 0.358. The highest BCUT2D eigenvalue weighted by Gasteiger charge is 2.26. The van der Waals surface area contributed by atoms with Gasteiger partial charge in [-0.05, 0) is 138 Å². The number of nitrogens with zero attached hydrogens (tertiary/aromatic N) is 1. The molecule has 0 unspecified atom stereocenters. The molecule has 2 aliphatic heterocycles. The number of aliphatic hydroxyl groups excluding tert-OH is 1. The van der Waals surface area contributed by atoms with Gasteiger partial charge in [-0.3, -0.25) is 15.1 Å². The number of ether oxygens (including phenoxy) is 1. The fourth-order valence-corrected chi connectivity index (χ4v) is 8.73. The van der Waals surface area contributed by atoms with E-state index in [2.05, 4.69) is 53.3 Å². The van der Waals surface area contributed by atoms with Gasteiger partial charge in [-0.1, -0.05) is 79.8 Å². The SMILES string of the molecule is C[C@H](CCC/C=C/C(=O)CCc1ccc(O)c(OCCc2ccc(O)c([C@@H]3CC([O-])=C4C=CN=C4CC#Cc4cc5c(cc43)CCN[C@@H]5N)c2)c1)CCc1ccccc1CCO. The highest BCUT2D eigenvalue weighted by atomic mass is 16.5. The molecule has 0 spiro atoms. The van der Waals surface area contributed by atoms with E-state index in [9.17, 15) is 25.2 Å². The van der Waals surface area contributed by atoms with Gasteiger partial charge in [-0.25, -0.2) is 0 Å². The minimum atomic E-state index is -0.477. The van der Waals surface area contributed by atoms with E-state index in [1.54, 1.807) is 36.6 Å². The van der Waals surface area contributed by atoms with Crippen molar-refractivity contribution in [2.45, 2.75) is 96.1 Å². The molecule has 0 fully saturated rings. The number of benzene rings is 4. The van der Waals surface area contributed by atoms with Crippen molar-refractivity contribution < 1.29 is 30.0 Å². The van der Waals surface area contributed by atoms with E-state index in [4.69, 9.17) is 10.5 Å². The molecule has 1 aliphatic carbocycles. The number of hydrogen-bond acceptors (Lipinski definition) is 9. The van der Waals surface area contributed by atoms with Crippen molar-refractivity contribution in [2.24, 2.45) is 16.6 Å². The Morgan fingerprint density at radius 3 is 2.58 bits per heavy atom. The lowest BCUT2D eigenvalue weighted by molar-refractivity contribution is -0.307. The number of aliphatic hydroxyl groups is 1.